The van der Waals surface area contributed by atoms with Gasteiger partial charge in [-0.15, -0.1) is 0 Å². The van der Waals surface area contributed by atoms with Gasteiger partial charge in [-0.2, -0.15) is 0 Å². The Kier molecular flexibility index (Phi) is 5.88. The molecule has 0 saturated carbocycles. The molecule has 2 unspecified atom stereocenters. The van der Waals surface area contributed by atoms with Crippen molar-refractivity contribution in [3.8, 4) is 0 Å². The van der Waals surface area contributed by atoms with E-state index < -0.39 is 5.97 Å². The van der Waals surface area contributed by atoms with Gasteiger partial charge in [0.05, 0.1) is 25.4 Å². The number of ether oxygens (including phenoxy) is 2. The highest BCUT2D eigenvalue weighted by molar-refractivity contribution is 5.69. The van der Waals surface area contributed by atoms with Crippen molar-refractivity contribution in [2.75, 3.05) is 26.8 Å². The SMILES string of the molecule is COCCN(CC(=O)O)C1CC(C)OC(C)C1. The molecule has 0 aliphatic carbocycles. The van der Waals surface area contributed by atoms with Crippen molar-refractivity contribution < 1.29 is 19.4 Å². The van der Waals surface area contributed by atoms with Gasteiger partial charge in [0.1, 0.15) is 0 Å². The van der Waals surface area contributed by atoms with E-state index in [0.717, 1.165) is 12.8 Å². The summed E-state index contributed by atoms with van der Waals surface area (Å²) in [5, 5.41) is 8.93. The molecule has 0 aromatic heterocycles. The van der Waals surface area contributed by atoms with E-state index in [-0.39, 0.29) is 24.8 Å². The number of hydrogen-bond donors (Lipinski definition) is 1. The minimum Gasteiger partial charge on any atom is -0.480 e. The molecule has 0 aromatic rings. The second kappa shape index (κ2) is 6.93. The second-order valence-corrected chi connectivity index (χ2v) is 4.74. The summed E-state index contributed by atoms with van der Waals surface area (Å²) in [6.45, 7) is 5.38. The highest BCUT2D eigenvalue weighted by Crippen LogP contribution is 2.23. The van der Waals surface area contributed by atoms with Crippen LogP contribution in [0.15, 0.2) is 0 Å². The van der Waals surface area contributed by atoms with Gasteiger partial charge in [0.2, 0.25) is 0 Å². The monoisotopic (exact) mass is 245 g/mol. The standard InChI is InChI=1S/C12H23NO4/c1-9-6-11(7-10(2)17-9)13(4-5-16-3)8-12(14)15/h9-11H,4-8H2,1-3H3,(H,14,15). The van der Waals surface area contributed by atoms with E-state index in [1.807, 2.05) is 18.7 Å². The maximum Gasteiger partial charge on any atom is 0.317 e. The van der Waals surface area contributed by atoms with Crippen LogP contribution in [0.1, 0.15) is 26.7 Å². The number of rotatable bonds is 6. The normalized spacial score (nSPS) is 29.5. The number of aliphatic carboxylic acids is 1. The zero-order valence-corrected chi connectivity index (χ0v) is 10.9. The first-order valence-corrected chi connectivity index (χ1v) is 6.13. The molecule has 1 fully saturated rings. The van der Waals surface area contributed by atoms with Gasteiger partial charge in [-0.05, 0) is 26.7 Å². The molecule has 1 heterocycles. The molecule has 0 spiro atoms. The van der Waals surface area contributed by atoms with Crippen molar-refractivity contribution in [3.05, 3.63) is 0 Å². The maximum atomic E-state index is 10.9. The van der Waals surface area contributed by atoms with Crippen LogP contribution in [0.5, 0.6) is 0 Å². The third kappa shape index (κ3) is 5.02. The number of hydrogen-bond acceptors (Lipinski definition) is 4. The van der Waals surface area contributed by atoms with Crippen LogP contribution in [0.3, 0.4) is 0 Å². The first kappa shape index (κ1) is 14.4. The van der Waals surface area contributed by atoms with Gasteiger partial charge in [0.25, 0.3) is 0 Å². The van der Waals surface area contributed by atoms with Crippen LogP contribution < -0.4 is 0 Å². The Bertz CT molecular complexity index is 237. The molecule has 0 bridgehead atoms. The largest absolute Gasteiger partial charge is 0.480 e. The van der Waals surface area contributed by atoms with Crippen molar-refractivity contribution in [1.29, 1.82) is 0 Å². The molecule has 5 heteroatoms. The number of carboxylic acids is 1. The van der Waals surface area contributed by atoms with Gasteiger partial charge in [-0.3, -0.25) is 9.69 Å². The van der Waals surface area contributed by atoms with Crippen LogP contribution in [-0.2, 0) is 14.3 Å². The average molecular weight is 245 g/mol. The van der Waals surface area contributed by atoms with E-state index in [4.69, 9.17) is 14.6 Å². The quantitative estimate of drug-likeness (QED) is 0.755. The first-order chi connectivity index (χ1) is 8.02. The fourth-order valence-corrected chi connectivity index (χ4v) is 2.44. The Morgan fingerprint density at radius 3 is 2.47 bits per heavy atom. The van der Waals surface area contributed by atoms with Crippen LogP contribution in [0.4, 0.5) is 0 Å². The fraction of sp³-hybridized carbons (Fsp3) is 0.917. The minimum absolute atomic E-state index is 0.0769. The molecule has 1 N–H and O–H groups in total. The zero-order chi connectivity index (χ0) is 12.8. The maximum absolute atomic E-state index is 10.9. The van der Waals surface area contributed by atoms with Gasteiger partial charge >= 0.3 is 5.97 Å². The van der Waals surface area contributed by atoms with Gasteiger partial charge in [0, 0.05) is 19.7 Å². The van der Waals surface area contributed by atoms with Crippen molar-refractivity contribution >= 4 is 5.97 Å². The van der Waals surface area contributed by atoms with Crippen LogP contribution in [0, 0.1) is 0 Å². The Morgan fingerprint density at radius 1 is 1.41 bits per heavy atom. The van der Waals surface area contributed by atoms with Crippen LogP contribution in [-0.4, -0.2) is 61.0 Å². The lowest BCUT2D eigenvalue weighted by Gasteiger charge is -2.38. The molecule has 17 heavy (non-hydrogen) atoms. The average Bonchev–Trinajstić information content (AvgIpc) is 2.22. The van der Waals surface area contributed by atoms with E-state index in [9.17, 15) is 4.79 Å². The highest BCUT2D eigenvalue weighted by atomic mass is 16.5. The number of nitrogens with zero attached hydrogens (tertiary/aromatic N) is 1. The lowest BCUT2D eigenvalue weighted by atomic mass is 9.98. The lowest BCUT2D eigenvalue weighted by Crippen LogP contribution is -2.47. The highest BCUT2D eigenvalue weighted by Gasteiger charge is 2.29. The predicted octanol–water partition coefficient (Wildman–Crippen LogP) is 0.975. The van der Waals surface area contributed by atoms with Crippen LogP contribution in [0.2, 0.25) is 0 Å². The molecule has 0 radical (unpaired) electrons. The third-order valence-electron chi connectivity index (χ3n) is 3.11. The van der Waals surface area contributed by atoms with Gasteiger partial charge in [0.15, 0.2) is 0 Å². The molecule has 0 aromatic carbocycles. The molecular formula is C12H23NO4. The zero-order valence-electron chi connectivity index (χ0n) is 10.9. The number of methoxy groups -OCH3 is 1. The van der Waals surface area contributed by atoms with Crippen LogP contribution >= 0.6 is 0 Å². The molecule has 1 aliphatic rings. The number of carboxylic acid groups (broad SMARTS) is 1. The second-order valence-electron chi connectivity index (χ2n) is 4.74. The fourth-order valence-electron chi connectivity index (χ4n) is 2.44. The summed E-state index contributed by atoms with van der Waals surface area (Å²) < 4.78 is 10.7. The van der Waals surface area contributed by atoms with Crippen molar-refractivity contribution in [1.82, 2.24) is 4.90 Å². The molecule has 1 rings (SSSR count). The van der Waals surface area contributed by atoms with E-state index in [1.165, 1.54) is 0 Å². The third-order valence-corrected chi connectivity index (χ3v) is 3.11. The summed E-state index contributed by atoms with van der Waals surface area (Å²) in [5.41, 5.74) is 0. The summed E-state index contributed by atoms with van der Waals surface area (Å²) >= 11 is 0. The lowest BCUT2D eigenvalue weighted by molar-refractivity contribution is -0.141. The van der Waals surface area contributed by atoms with E-state index in [1.54, 1.807) is 7.11 Å². The predicted molar refractivity (Wildman–Crippen MR) is 64.1 cm³/mol. The molecule has 2 atom stereocenters. The van der Waals surface area contributed by atoms with E-state index in [2.05, 4.69) is 0 Å². The topological polar surface area (TPSA) is 59.0 Å². The van der Waals surface area contributed by atoms with Crippen molar-refractivity contribution in [3.63, 3.8) is 0 Å². The van der Waals surface area contributed by atoms with Gasteiger partial charge < -0.3 is 14.6 Å². The summed E-state index contributed by atoms with van der Waals surface area (Å²) in [6.07, 6.45) is 2.17. The van der Waals surface area contributed by atoms with E-state index >= 15 is 0 Å². The molecule has 5 nitrogen and oxygen atoms in total. The smallest absolute Gasteiger partial charge is 0.317 e. The summed E-state index contributed by atoms with van der Waals surface area (Å²) in [7, 11) is 1.63. The summed E-state index contributed by atoms with van der Waals surface area (Å²) in [6, 6.07) is 0.278. The summed E-state index contributed by atoms with van der Waals surface area (Å²) in [5.74, 6) is -0.784. The summed E-state index contributed by atoms with van der Waals surface area (Å²) in [4.78, 5) is 12.9. The van der Waals surface area contributed by atoms with Gasteiger partial charge in [-0.25, -0.2) is 0 Å². The van der Waals surface area contributed by atoms with Crippen LogP contribution in [0.25, 0.3) is 0 Å². The number of carbonyl (C=O) groups is 1. The van der Waals surface area contributed by atoms with Gasteiger partial charge in [-0.1, -0.05) is 0 Å². The molecule has 100 valence electrons. The minimum atomic E-state index is -0.784. The van der Waals surface area contributed by atoms with Crippen molar-refractivity contribution in [2.45, 2.75) is 44.9 Å². The van der Waals surface area contributed by atoms with Crippen molar-refractivity contribution in [2.24, 2.45) is 0 Å². The molecule has 0 amide bonds. The van der Waals surface area contributed by atoms with E-state index in [0.29, 0.717) is 13.2 Å². The molecule has 1 saturated heterocycles. The Morgan fingerprint density at radius 2 is 2.00 bits per heavy atom. The first-order valence-electron chi connectivity index (χ1n) is 6.13. The Hall–Kier alpha value is -0.650. The molecular weight excluding hydrogens is 222 g/mol. The Labute approximate surface area is 103 Å². The Balaban J connectivity index is 2.57. The molecule has 1 aliphatic heterocycles.